The highest BCUT2D eigenvalue weighted by molar-refractivity contribution is 9.09. The Morgan fingerprint density at radius 3 is 2.15 bits per heavy atom. The van der Waals surface area contributed by atoms with Gasteiger partial charge in [0.2, 0.25) is 0 Å². The SMILES string of the molecule is Cc1cc(F)c(C(C)CBr)c(F)c1. The molecule has 0 bridgehead atoms. The van der Waals surface area contributed by atoms with Crippen LogP contribution in [0.5, 0.6) is 0 Å². The van der Waals surface area contributed by atoms with E-state index in [4.69, 9.17) is 0 Å². The zero-order valence-electron chi connectivity index (χ0n) is 7.57. The third kappa shape index (κ3) is 2.27. The van der Waals surface area contributed by atoms with E-state index in [0.29, 0.717) is 10.9 Å². The van der Waals surface area contributed by atoms with Gasteiger partial charge in [0.05, 0.1) is 0 Å². The predicted octanol–water partition coefficient (Wildman–Crippen LogP) is 3.77. The van der Waals surface area contributed by atoms with E-state index < -0.39 is 11.6 Å². The van der Waals surface area contributed by atoms with Crippen molar-refractivity contribution in [3.8, 4) is 0 Å². The van der Waals surface area contributed by atoms with E-state index in [1.165, 1.54) is 12.1 Å². The first-order chi connectivity index (χ1) is 6.06. The summed E-state index contributed by atoms with van der Waals surface area (Å²) in [7, 11) is 0. The summed E-state index contributed by atoms with van der Waals surface area (Å²) in [5.41, 5.74) is 0.781. The minimum absolute atomic E-state index is 0.138. The molecule has 0 fully saturated rings. The third-order valence-electron chi connectivity index (χ3n) is 1.95. The maximum Gasteiger partial charge on any atom is 0.129 e. The van der Waals surface area contributed by atoms with Crippen LogP contribution in [0.3, 0.4) is 0 Å². The fraction of sp³-hybridized carbons (Fsp3) is 0.400. The average molecular weight is 249 g/mol. The molecule has 13 heavy (non-hydrogen) atoms. The van der Waals surface area contributed by atoms with E-state index in [2.05, 4.69) is 15.9 Å². The average Bonchev–Trinajstić information content (AvgIpc) is 2.02. The maximum absolute atomic E-state index is 13.3. The molecule has 0 amide bonds. The van der Waals surface area contributed by atoms with Crippen molar-refractivity contribution in [1.82, 2.24) is 0 Å². The lowest BCUT2D eigenvalue weighted by atomic mass is 10.0. The van der Waals surface area contributed by atoms with E-state index in [1.807, 2.05) is 0 Å². The Bertz CT molecular complexity index is 287. The first kappa shape index (κ1) is 10.6. The Morgan fingerprint density at radius 2 is 1.77 bits per heavy atom. The van der Waals surface area contributed by atoms with Gasteiger partial charge >= 0.3 is 0 Å². The molecule has 1 atom stereocenters. The molecular formula is C10H11BrF2. The van der Waals surface area contributed by atoms with Gasteiger partial charge in [-0.3, -0.25) is 0 Å². The van der Waals surface area contributed by atoms with Crippen molar-refractivity contribution in [3.05, 3.63) is 34.9 Å². The molecule has 3 heteroatoms. The Morgan fingerprint density at radius 1 is 1.31 bits per heavy atom. The van der Waals surface area contributed by atoms with Crippen molar-refractivity contribution in [2.45, 2.75) is 19.8 Å². The van der Waals surface area contributed by atoms with Crippen LogP contribution in [0.15, 0.2) is 12.1 Å². The minimum Gasteiger partial charge on any atom is -0.207 e. The molecule has 0 aromatic heterocycles. The number of alkyl halides is 1. The molecule has 1 rings (SSSR count). The molecule has 0 saturated carbocycles. The molecule has 0 aliphatic rings. The van der Waals surface area contributed by atoms with E-state index in [1.54, 1.807) is 13.8 Å². The Labute approximate surface area is 85.1 Å². The van der Waals surface area contributed by atoms with Crippen molar-refractivity contribution in [1.29, 1.82) is 0 Å². The zero-order chi connectivity index (χ0) is 10.0. The Balaban J connectivity index is 3.20. The summed E-state index contributed by atoms with van der Waals surface area (Å²) < 4.78 is 26.6. The molecule has 1 aromatic carbocycles. The molecule has 0 radical (unpaired) electrons. The number of rotatable bonds is 2. The second-order valence-corrected chi connectivity index (χ2v) is 3.85. The van der Waals surface area contributed by atoms with Crippen molar-refractivity contribution < 1.29 is 8.78 Å². The molecule has 0 aliphatic carbocycles. The number of halogens is 3. The van der Waals surface area contributed by atoms with E-state index in [9.17, 15) is 8.78 Å². The summed E-state index contributed by atoms with van der Waals surface area (Å²) in [6.45, 7) is 3.46. The molecule has 0 N–H and O–H groups in total. The van der Waals surface area contributed by atoms with E-state index in [0.717, 1.165) is 0 Å². The summed E-state index contributed by atoms with van der Waals surface area (Å²) in [6.07, 6.45) is 0. The zero-order valence-corrected chi connectivity index (χ0v) is 9.16. The maximum atomic E-state index is 13.3. The molecular weight excluding hydrogens is 238 g/mol. The van der Waals surface area contributed by atoms with Gasteiger partial charge in [0.1, 0.15) is 11.6 Å². The number of benzene rings is 1. The van der Waals surface area contributed by atoms with Crippen molar-refractivity contribution in [2.24, 2.45) is 0 Å². The monoisotopic (exact) mass is 248 g/mol. The lowest BCUT2D eigenvalue weighted by molar-refractivity contribution is 0.542. The fourth-order valence-corrected chi connectivity index (χ4v) is 1.58. The topological polar surface area (TPSA) is 0 Å². The van der Waals surface area contributed by atoms with Crippen LogP contribution in [0.25, 0.3) is 0 Å². The van der Waals surface area contributed by atoms with Gasteiger partial charge in [0.15, 0.2) is 0 Å². The normalized spacial score (nSPS) is 13.0. The van der Waals surface area contributed by atoms with Crippen LogP contribution in [0, 0.1) is 18.6 Å². The minimum atomic E-state index is -0.454. The summed E-state index contributed by atoms with van der Waals surface area (Å²) in [6, 6.07) is 2.72. The molecule has 1 aromatic rings. The lowest BCUT2D eigenvalue weighted by Gasteiger charge is -2.11. The van der Waals surface area contributed by atoms with Crippen LogP contribution in [0.4, 0.5) is 8.78 Å². The van der Waals surface area contributed by atoms with Crippen LogP contribution < -0.4 is 0 Å². The summed E-state index contributed by atoms with van der Waals surface area (Å²) in [5, 5.41) is 0.559. The quantitative estimate of drug-likeness (QED) is 0.700. The molecule has 0 heterocycles. The highest BCUT2D eigenvalue weighted by Gasteiger charge is 2.15. The smallest absolute Gasteiger partial charge is 0.129 e. The summed E-state index contributed by atoms with van der Waals surface area (Å²) >= 11 is 3.20. The van der Waals surface area contributed by atoms with Gasteiger partial charge in [0.25, 0.3) is 0 Å². The second-order valence-electron chi connectivity index (χ2n) is 3.20. The highest BCUT2D eigenvalue weighted by atomic mass is 79.9. The molecule has 72 valence electrons. The molecule has 0 nitrogen and oxygen atoms in total. The van der Waals surface area contributed by atoms with Gasteiger partial charge < -0.3 is 0 Å². The lowest BCUT2D eigenvalue weighted by Crippen LogP contribution is -2.03. The van der Waals surface area contributed by atoms with E-state index >= 15 is 0 Å². The van der Waals surface area contributed by atoms with Crippen LogP contribution >= 0.6 is 15.9 Å². The molecule has 0 spiro atoms. The van der Waals surface area contributed by atoms with Crippen LogP contribution in [0.2, 0.25) is 0 Å². The van der Waals surface area contributed by atoms with Gasteiger partial charge in [-0.25, -0.2) is 8.78 Å². The van der Waals surface area contributed by atoms with Gasteiger partial charge in [-0.2, -0.15) is 0 Å². The first-order valence-electron chi connectivity index (χ1n) is 4.07. The first-order valence-corrected chi connectivity index (χ1v) is 5.20. The van der Waals surface area contributed by atoms with Crippen molar-refractivity contribution in [2.75, 3.05) is 5.33 Å². The molecule has 1 unspecified atom stereocenters. The highest BCUT2D eigenvalue weighted by Crippen LogP contribution is 2.24. The van der Waals surface area contributed by atoms with Crippen molar-refractivity contribution in [3.63, 3.8) is 0 Å². The predicted molar refractivity (Wildman–Crippen MR) is 53.3 cm³/mol. The Hall–Kier alpha value is -0.440. The number of hydrogen-bond donors (Lipinski definition) is 0. The van der Waals surface area contributed by atoms with Crippen LogP contribution in [-0.2, 0) is 0 Å². The second kappa shape index (κ2) is 4.18. The summed E-state index contributed by atoms with van der Waals surface area (Å²) in [4.78, 5) is 0. The van der Waals surface area contributed by atoms with Gasteiger partial charge in [-0.05, 0) is 30.5 Å². The number of hydrogen-bond acceptors (Lipinski definition) is 0. The Kier molecular flexibility index (Phi) is 3.42. The van der Waals surface area contributed by atoms with Gasteiger partial charge in [-0.15, -0.1) is 0 Å². The number of aryl methyl sites for hydroxylation is 1. The summed E-state index contributed by atoms with van der Waals surface area (Å²) in [5.74, 6) is -1.05. The van der Waals surface area contributed by atoms with Crippen molar-refractivity contribution >= 4 is 15.9 Å². The van der Waals surface area contributed by atoms with Crippen LogP contribution in [0.1, 0.15) is 24.0 Å². The molecule has 0 aliphatic heterocycles. The fourth-order valence-electron chi connectivity index (χ4n) is 1.26. The van der Waals surface area contributed by atoms with E-state index in [-0.39, 0.29) is 11.5 Å². The molecule has 0 saturated heterocycles. The standard InChI is InChI=1S/C10H11BrF2/c1-6-3-8(12)10(7(2)5-11)9(13)4-6/h3-4,7H,5H2,1-2H3. The van der Waals surface area contributed by atoms with Gasteiger partial charge in [-0.1, -0.05) is 22.9 Å². The van der Waals surface area contributed by atoms with Gasteiger partial charge in [0, 0.05) is 10.9 Å². The third-order valence-corrected chi connectivity index (χ3v) is 2.92. The van der Waals surface area contributed by atoms with Crippen LogP contribution in [-0.4, -0.2) is 5.33 Å². The largest absolute Gasteiger partial charge is 0.207 e.